The molecule has 0 saturated heterocycles. The van der Waals surface area contributed by atoms with Gasteiger partial charge in [0.1, 0.15) is 14.1 Å². The van der Waals surface area contributed by atoms with Gasteiger partial charge in [-0.15, -0.1) is 0 Å². The Balaban J connectivity index is 1.69. The maximum Gasteiger partial charge on any atom is 0.323 e. The fourth-order valence-corrected chi connectivity index (χ4v) is 12.4. The molecule has 0 heterocycles. The normalized spacial score (nSPS) is 15.0. The van der Waals surface area contributed by atoms with Gasteiger partial charge in [0.15, 0.2) is 0 Å². The molecule has 3 aromatic carbocycles. The fraction of sp³-hybridized carbons (Fsp3) is 0.568. The molecule has 0 fully saturated rings. The molecular formula is C44H67NO3Si. The Labute approximate surface area is 300 Å². The first-order chi connectivity index (χ1) is 23.2. The highest BCUT2D eigenvalue weighted by Crippen LogP contribution is 2.34. The summed E-state index contributed by atoms with van der Waals surface area (Å²) in [6, 6.07) is 32.9. The molecule has 0 aliphatic carbocycles. The van der Waals surface area contributed by atoms with Gasteiger partial charge in [-0.1, -0.05) is 163 Å². The quantitative estimate of drug-likeness (QED) is 0.0732. The van der Waals surface area contributed by atoms with E-state index in [1.54, 1.807) is 0 Å². The van der Waals surface area contributed by atoms with E-state index in [-0.39, 0.29) is 5.97 Å². The van der Waals surface area contributed by atoms with Crippen LogP contribution in [0.3, 0.4) is 0 Å². The number of nitrogens with two attached hydrogens (primary N) is 1. The van der Waals surface area contributed by atoms with E-state index in [4.69, 9.17) is 15.2 Å². The Kier molecular flexibility index (Phi) is 16.3. The summed E-state index contributed by atoms with van der Waals surface area (Å²) in [7, 11) is -2.31. The van der Waals surface area contributed by atoms with Crippen LogP contribution >= 0.6 is 0 Å². The maximum atomic E-state index is 13.0. The van der Waals surface area contributed by atoms with E-state index in [1.165, 1.54) is 36.1 Å². The predicted octanol–water partition coefficient (Wildman–Crippen LogP) is 9.31. The monoisotopic (exact) mass is 685 g/mol. The van der Waals surface area contributed by atoms with Crippen LogP contribution in [0.15, 0.2) is 91.0 Å². The molecule has 4 atom stereocenters. The molecule has 49 heavy (non-hydrogen) atoms. The van der Waals surface area contributed by atoms with Gasteiger partial charge in [-0.05, 0) is 78.3 Å². The van der Waals surface area contributed by atoms with Crippen molar-refractivity contribution in [2.24, 2.45) is 34.3 Å². The molecule has 2 N–H and O–H groups in total. The van der Waals surface area contributed by atoms with Crippen LogP contribution in [0, 0.1) is 28.6 Å². The van der Waals surface area contributed by atoms with Gasteiger partial charge in [0.05, 0.1) is 6.61 Å². The summed E-state index contributed by atoms with van der Waals surface area (Å²) in [5.41, 5.74) is 8.01. The number of carbonyl (C=O) groups is 1. The van der Waals surface area contributed by atoms with E-state index in [9.17, 15) is 4.79 Å². The van der Waals surface area contributed by atoms with E-state index < -0.39 is 14.1 Å². The summed E-state index contributed by atoms with van der Waals surface area (Å²) in [4.78, 5) is 13.0. The van der Waals surface area contributed by atoms with Crippen LogP contribution < -0.4 is 16.1 Å². The third-order valence-corrected chi connectivity index (χ3v) is 15.1. The van der Waals surface area contributed by atoms with E-state index in [2.05, 4.69) is 116 Å². The zero-order valence-electron chi connectivity index (χ0n) is 32.0. The predicted molar refractivity (Wildman–Crippen MR) is 211 cm³/mol. The Morgan fingerprint density at radius 2 is 1.24 bits per heavy atom. The Morgan fingerprint density at radius 1 is 0.714 bits per heavy atom. The van der Waals surface area contributed by atoms with Crippen molar-refractivity contribution in [1.82, 2.24) is 0 Å². The van der Waals surface area contributed by atoms with Crippen LogP contribution in [-0.2, 0) is 20.7 Å². The minimum Gasteiger partial charge on any atom is -0.465 e. The Hall–Kier alpha value is -2.73. The van der Waals surface area contributed by atoms with E-state index in [0.29, 0.717) is 35.7 Å². The van der Waals surface area contributed by atoms with E-state index >= 15 is 0 Å². The van der Waals surface area contributed by atoms with E-state index in [0.717, 1.165) is 43.2 Å². The molecule has 5 heteroatoms. The van der Waals surface area contributed by atoms with Crippen LogP contribution in [0.5, 0.6) is 0 Å². The number of hydrogen-bond donors (Lipinski definition) is 1. The molecule has 270 valence electrons. The summed E-state index contributed by atoms with van der Waals surface area (Å²) in [5, 5.41) is 2.74. The number of rotatable bonds is 20. The summed E-state index contributed by atoms with van der Waals surface area (Å²) in [6.45, 7) is 20.9. The highest BCUT2D eigenvalue weighted by molar-refractivity contribution is 7.02. The lowest BCUT2D eigenvalue weighted by molar-refractivity contribution is -0.144. The topological polar surface area (TPSA) is 61.5 Å². The number of benzene rings is 3. The van der Waals surface area contributed by atoms with Crippen LogP contribution in [-0.4, -0.2) is 39.9 Å². The van der Waals surface area contributed by atoms with Gasteiger partial charge in [0, 0.05) is 13.2 Å². The lowest BCUT2D eigenvalue weighted by Crippen LogP contribution is -2.59. The van der Waals surface area contributed by atoms with Gasteiger partial charge in [-0.3, -0.25) is 4.79 Å². The van der Waals surface area contributed by atoms with Gasteiger partial charge in [0.2, 0.25) is 0 Å². The second-order valence-corrected chi connectivity index (χ2v) is 21.5. The van der Waals surface area contributed by atoms with Gasteiger partial charge >= 0.3 is 5.97 Å². The summed E-state index contributed by atoms with van der Waals surface area (Å²) in [5.74, 6) is 1.57. The molecular weight excluding hydrogens is 619 g/mol. The van der Waals surface area contributed by atoms with Crippen molar-refractivity contribution in [3.63, 3.8) is 0 Å². The SMILES string of the molecule is CC(CCC(COCCC[Si](CCOC(=O)[C@@H](N)Cc1ccccc1)(c1ccccc1)c1ccccc1)C(C)CC(C)(C)C)CC(C)(C)C. The van der Waals surface area contributed by atoms with Crippen molar-refractivity contribution in [1.29, 1.82) is 0 Å². The molecule has 0 aliphatic rings. The number of esters is 1. The summed E-state index contributed by atoms with van der Waals surface area (Å²) < 4.78 is 12.5. The third-order valence-electron chi connectivity index (χ3n) is 9.98. The second-order valence-electron chi connectivity index (χ2n) is 17.2. The summed E-state index contributed by atoms with van der Waals surface area (Å²) in [6.07, 6.45) is 6.39. The lowest BCUT2D eigenvalue weighted by Gasteiger charge is -2.34. The van der Waals surface area contributed by atoms with Crippen molar-refractivity contribution >= 4 is 24.4 Å². The molecule has 0 amide bonds. The highest BCUT2D eigenvalue weighted by atomic mass is 28.3. The first-order valence-electron chi connectivity index (χ1n) is 18.8. The maximum absolute atomic E-state index is 13.0. The minimum atomic E-state index is -2.31. The molecule has 3 rings (SSSR count). The van der Waals surface area contributed by atoms with Gasteiger partial charge < -0.3 is 15.2 Å². The van der Waals surface area contributed by atoms with Crippen LogP contribution in [0.4, 0.5) is 0 Å². The molecule has 0 aromatic heterocycles. The number of carbonyl (C=O) groups excluding carboxylic acids is 1. The van der Waals surface area contributed by atoms with Crippen LogP contribution in [0.1, 0.15) is 93.1 Å². The Morgan fingerprint density at radius 3 is 1.78 bits per heavy atom. The first-order valence-corrected chi connectivity index (χ1v) is 21.2. The van der Waals surface area contributed by atoms with Crippen molar-refractivity contribution in [3.05, 3.63) is 96.6 Å². The van der Waals surface area contributed by atoms with Gasteiger partial charge in [0.25, 0.3) is 0 Å². The molecule has 0 bridgehead atoms. The smallest absolute Gasteiger partial charge is 0.323 e. The number of ether oxygens (including phenoxy) is 2. The molecule has 0 aliphatic heterocycles. The number of hydrogen-bond acceptors (Lipinski definition) is 4. The van der Waals surface area contributed by atoms with Crippen LogP contribution in [0.2, 0.25) is 12.1 Å². The molecule has 0 spiro atoms. The molecule has 3 unspecified atom stereocenters. The average molecular weight is 686 g/mol. The third kappa shape index (κ3) is 14.6. The molecule has 0 radical (unpaired) electrons. The van der Waals surface area contributed by atoms with Crippen molar-refractivity contribution < 1.29 is 14.3 Å². The highest BCUT2D eigenvalue weighted by Gasteiger charge is 2.37. The first kappa shape index (κ1) is 40.7. The minimum absolute atomic E-state index is 0.306. The average Bonchev–Trinajstić information content (AvgIpc) is 3.04. The Bertz CT molecular complexity index is 1290. The molecule has 0 saturated carbocycles. The second kappa shape index (κ2) is 19.6. The van der Waals surface area contributed by atoms with Crippen molar-refractivity contribution in [3.8, 4) is 0 Å². The zero-order valence-corrected chi connectivity index (χ0v) is 33.0. The standard InChI is InChI=1S/C44H67NO3Si/c1-35(32-43(3,4)5)25-26-38(36(2)33-44(6,7)8)34-47-27-18-29-49(39-21-14-10-15-22-39,40-23-16-11-17-24-40)30-28-48-42(46)41(45)31-37-19-12-9-13-20-37/h9-17,19-24,35-36,38,41H,18,25-34,45H2,1-8H3/t35?,36?,38?,41-/m0/s1. The molecule has 3 aromatic rings. The van der Waals surface area contributed by atoms with Crippen molar-refractivity contribution in [2.45, 2.75) is 112 Å². The van der Waals surface area contributed by atoms with Crippen molar-refractivity contribution in [2.75, 3.05) is 19.8 Å². The van der Waals surface area contributed by atoms with Crippen LogP contribution in [0.25, 0.3) is 0 Å². The van der Waals surface area contributed by atoms with E-state index in [1.807, 2.05) is 30.3 Å². The fourth-order valence-electron chi connectivity index (χ4n) is 7.79. The molecule has 4 nitrogen and oxygen atoms in total. The summed E-state index contributed by atoms with van der Waals surface area (Å²) >= 11 is 0. The zero-order chi connectivity index (χ0) is 35.9. The largest absolute Gasteiger partial charge is 0.465 e. The van der Waals surface area contributed by atoms with Gasteiger partial charge in [-0.25, -0.2) is 0 Å². The van der Waals surface area contributed by atoms with Gasteiger partial charge in [-0.2, -0.15) is 0 Å². The lowest BCUT2D eigenvalue weighted by atomic mass is 9.76.